The van der Waals surface area contributed by atoms with Gasteiger partial charge in [-0.3, -0.25) is 0 Å². The largest absolute Gasteiger partial charge is 0.420 e. The summed E-state index contributed by atoms with van der Waals surface area (Å²) in [5, 5.41) is 4.21. The van der Waals surface area contributed by atoms with Crippen molar-refractivity contribution in [2.45, 2.75) is 4.21 Å². The van der Waals surface area contributed by atoms with Crippen LogP contribution in [0.3, 0.4) is 0 Å². The minimum atomic E-state index is 0.742. The average Bonchev–Trinajstić information content (AvgIpc) is 3.51. The topological polar surface area (TPSA) is 63.9 Å². The van der Waals surface area contributed by atoms with Gasteiger partial charge in [0, 0.05) is 39.3 Å². The number of nitrogens with zero attached hydrogens (tertiary/aromatic N) is 1. The van der Waals surface area contributed by atoms with E-state index in [-0.39, 0.29) is 0 Å². The first-order valence-electron chi connectivity index (χ1n) is 10.5. The van der Waals surface area contributed by atoms with Crippen molar-refractivity contribution < 1.29 is 4.18 Å². The number of aromatic nitrogens is 2. The van der Waals surface area contributed by atoms with Gasteiger partial charge in [0.1, 0.15) is 27.6 Å². The van der Waals surface area contributed by atoms with E-state index < -0.39 is 0 Å². The maximum absolute atomic E-state index is 6.03. The third-order valence-corrected chi connectivity index (χ3v) is 7.32. The third-order valence-electron chi connectivity index (χ3n) is 5.59. The minimum absolute atomic E-state index is 0.742. The lowest BCUT2D eigenvalue weighted by molar-refractivity contribution is 0.649. The quantitative estimate of drug-likeness (QED) is 0.201. The molecule has 0 saturated carbocycles. The number of H-pyrrole nitrogens is 1. The van der Waals surface area contributed by atoms with E-state index in [9.17, 15) is 0 Å². The smallest absolute Gasteiger partial charge is 0.138 e. The molecule has 3 heterocycles. The molecule has 3 aromatic heterocycles. The molecule has 160 valence electrons. The molecule has 0 amide bonds. The van der Waals surface area contributed by atoms with Crippen molar-refractivity contribution in [1.82, 2.24) is 9.97 Å². The van der Waals surface area contributed by atoms with Gasteiger partial charge in [-0.15, -0.1) is 11.3 Å². The number of thiophene rings is 1. The first-order valence-corrected chi connectivity index (χ1v) is 12.1. The fourth-order valence-electron chi connectivity index (χ4n) is 4.07. The molecule has 0 unspecified atom stereocenters. The standard InChI is InChI=1S/C27H19N3OS2/c28-19-10-8-17(9-11-19)22-16-29-27-26(25(22)18-5-2-1-3-6-18)21-15-20(12-13-23(21)30-27)31-33-24-7-4-14-32-24/h1-16H,28H2,(H,29,30). The Balaban J connectivity index is 1.57. The molecule has 0 bridgehead atoms. The van der Waals surface area contributed by atoms with Gasteiger partial charge in [-0.05, 0) is 52.9 Å². The monoisotopic (exact) mass is 465 g/mol. The molecule has 0 aliphatic rings. The van der Waals surface area contributed by atoms with E-state index >= 15 is 0 Å². The minimum Gasteiger partial charge on any atom is -0.420 e. The van der Waals surface area contributed by atoms with E-state index in [1.165, 1.54) is 12.0 Å². The van der Waals surface area contributed by atoms with Gasteiger partial charge in [0.25, 0.3) is 0 Å². The molecule has 0 atom stereocenters. The molecule has 3 N–H and O–H groups in total. The molecular weight excluding hydrogens is 446 g/mol. The molecule has 6 rings (SSSR count). The van der Waals surface area contributed by atoms with Crippen molar-refractivity contribution in [3.05, 3.63) is 96.5 Å². The van der Waals surface area contributed by atoms with Crippen LogP contribution in [0.1, 0.15) is 0 Å². The van der Waals surface area contributed by atoms with Gasteiger partial charge in [-0.2, -0.15) is 0 Å². The van der Waals surface area contributed by atoms with Crippen molar-refractivity contribution in [2.24, 2.45) is 0 Å². The zero-order chi connectivity index (χ0) is 22.2. The lowest BCUT2D eigenvalue weighted by atomic mass is 9.92. The highest BCUT2D eigenvalue weighted by atomic mass is 32.2. The number of anilines is 1. The van der Waals surface area contributed by atoms with Crippen molar-refractivity contribution in [3.8, 4) is 28.0 Å². The van der Waals surface area contributed by atoms with E-state index in [2.05, 4.69) is 47.4 Å². The Labute approximate surface area is 199 Å². The predicted molar refractivity (Wildman–Crippen MR) is 140 cm³/mol. The van der Waals surface area contributed by atoms with E-state index in [1.807, 2.05) is 54.0 Å². The normalized spacial score (nSPS) is 11.3. The summed E-state index contributed by atoms with van der Waals surface area (Å²) in [5.41, 5.74) is 13.0. The molecule has 0 aliphatic heterocycles. The highest BCUT2D eigenvalue weighted by molar-refractivity contribution is 7.97. The van der Waals surface area contributed by atoms with Crippen LogP contribution in [-0.2, 0) is 0 Å². The van der Waals surface area contributed by atoms with Crippen LogP contribution in [0.2, 0.25) is 0 Å². The molecule has 0 aliphatic carbocycles. The first kappa shape index (κ1) is 19.9. The Morgan fingerprint density at radius 2 is 1.73 bits per heavy atom. The summed E-state index contributed by atoms with van der Waals surface area (Å²) in [4.78, 5) is 8.27. The fourth-order valence-corrected chi connectivity index (χ4v) is 5.36. The SMILES string of the molecule is Nc1ccc(-c2cnc3[nH]c4ccc(OSc5cccs5)cc4c3c2-c2ccccc2)cc1. The predicted octanol–water partition coefficient (Wildman–Crippen LogP) is 7.78. The van der Waals surface area contributed by atoms with Crippen LogP contribution in [0.25, 0.3) is 44.2 Å². The van der Waals surface area contributed by atoms with E-state index in [0.717, 1.165) is 59.8 Å². The number of nitrogen functional groups attached to an aromatic ring is 1. The van der Waals surface area contributed by atoms with E-state index in [4.69, 9.17) is 14.9 Å². The van der Waals surface area contributed by atoms with Crippen LogP contribution < -0.4 is 9.92 Å². The zero-order valence-corrected chi connectivity index (χ0v) is 19.1. The van der Waals surface area contributed by atoms with Gasteiger partial charge in [0.05, 0.1) is 0 Å². The molecule has 0 radical (unpaired) electrons. The molecule has 0 spiro atoms. The Morgan fingerprint density at radius 3 is 2.52 bits per heavy atom. The molecule has 0 fully saturated rings. The van der Waals surface area contributed by atoms with Gasteiger partial charge < -0.3 is 14.9 Å². The highest BCUT2D eigenvalue weighted by Gasteiger charge is 2.17. The highest BCUT2D eigenvalue weighted by Crippen LogP contribution is 2.41. The van der Waals surface area contributed by atoms with Gasteiger partial charge in [0.15, 0.2) is 0 Å². The van der Waals surface area contributed by atoms with Crippen LogP contribution in [-0.4, -0.2) is 9.97 Å². The molecule has 0 saturated heterocycles. The number of hydrogen-bond acceptors (Lipinski definition) is 5. The van der Waals surface area contributed by atoms with Gasteiger partial charge >= 0.3 is 0 Å². The second kappa shape index (κ2) is 8.31. The Hall–Kier alpha value is -3.74. The number of nitrogens with one attached hydrogen (secondary N) is 1. The summed E-state index contributed by atoms with van der Waals surface area (Å²) in [6.07, 6.45) is 1.94. The number of rotatable bonds is 5. The van der Waals surface area contributed by atoms with Crippen molar-refractivity contribution in [2.75, 3.05) is 5.73 Å². The summed E-state index contributed by atoms with van der Waals surface area (Å²) < 4.78 is 7.15. The molecule has 6 heteroatoms. The summed E-state index contributed by atoms with van der Waals surface area (Å²) in [7, 11) is 0. The molecule has 33 heavy (non-hydrogen) atoms. The lowest BCUT2D eigenvalue weighted by Crippen LogP contribution is -1.90. The maximum Gasteiger partial charge on any atom is 0.138 e. The van der Waals surface area contributed by atoms with Crippen LogP contribution in [0.15, 0.2) is 101 Å². The van der Waals surface area contributed by atoms with Gasteiger partial charge in [0.2, 0.25) is 0 Å². The Morgan fingerprint density at radius 1 is 0.879 bits per heavy atom. The Bertz CT molecular complexity index is 1560. The molecule has 6 aromatic rings. The fraction of sp³-hybridized carbons (Fsp3) is 0. The summed E-state index contributed by atoms with van der Waals surface area (Å²) in [6, 6.07) is 28.6. The summed E-state index contributed by atoms with van der Waals surface area (Å²) >= 11 is 3.04. The number of hydrogen-bond donors (Lipinski definition) is 2. The Kier molecular flexibility index (Phi) is 5.02. The van der Waals surface area contributed by atoms with Crippen molar-refractivity contribution in [1.29, 1.82) is 0 Å². The third kappa shape index (κ3) is 3.73. The number of nitrogens with two attached hydrogens (primary N) is 1. The second-order valence-corrected chi connectivity index (χ2v) is 9.67. The van der Waals surface area contributed by atoms with Crippen LogP contribution in [0.4, 0.5) is 5.69 Å². The van der Waals surface area contributed by atoms with Crippen LogP contribution in [0.5, 0.6) is 5.75 Å². The second-order valence-electron chi connectivity index (χ2n) is 7.69. The first-order chi connectivity index (χ1) is 16.3. The number of fused-ring (bicyclic) bond motifs is 3. The summed E-state index contributed by atoms with van der Waals surface area (Å²) in [5.74, 6) is 0.804. The number of benzene rings is 3. The maximum atomic E-state index is 6.03. The van der Waals surface area contributed by atoms with Crippen LogP contribution >= 0.6 is 23.4 Å². The average molecular weight is 466 g/mol. The lowest BCUT2D eigenvalue weighted by Gasteiger charge is -2.12. The van der Waals surface area contributed by atoms with Crippen molar-refractivity contribution in [3.63, 3.8) is 0 Å². The summed E-state index contributed by atoms with van der Waals surface area (Å²) in [6.45, 7) is 0. The molecule has 3 aromatic carbocycles. The number of pyridine rings is 1. The van der Waals surface area contributed by atoms with Crippen LogP contribution in [0, 0.1) is 0 Å². The van der Waals surface area contributed by atoms with E-state index in [1.54, 1.807) is 11.3 Å². The van der Waals surface area contributed by atoms with Gasteiger partial charge in [-0.25, -0.2) is 4.98 Å². The molecule has 4 nitrogen and oxygen atoms in total. The van der Waals surface area contributed by atoms with E-state index in [0.29, 0.717) is 0 Å². The van der Waals surface area contributed by atoms with Gasteiger partial charge in [-0.1, -0.05) is 48.5 Å². The molecular formula is C27H19N3OS2. The number of aromatic amines is 1. The van der Waals surface area contributed by atoms with Crippen molar-refractivity contribution >= 4 is 51.0 Å². The zero-order valence-electron chi connectivity index (χ0n) is 17.5.